The Morgan fingerprint density at radius 2 is 1.64 bits per heavy atom. The summed E-state index contributed by atoms with van der Waals surface area (Å²) in [7, 11) is 4.05. The van der Waals surface area contributed by atoms with Gasteiger partial charge in [0, 0.05) is 4.90 Å². The minimum atomic E-state index is -0.384. The topological polar surface area (TPSA) is 52.6 Å². The maximum absolute atomic E-state index is 11.8. The van der Waals surface area contributed by atoms with Crippen molar-refractivity contribution in [3.63, 3.8) is 0 Å². The molecule has 6 heteroatoms. The first-order valence-electron chi connectivity index (χ1n) is 6.41. The van der Waals surface area contributed by atoms with Gasteiger partial charge >= 0.3 is 11.9 Å². The van der Waals surface area contributed by atoms with E-state index in [-0.39, 0.29) is 17.9 Å². The van der Waals surface area contributed by atoms with Crippen LogP contribution in [0.25, 0.3) is 0 Å². The standard InChI is InChI=1S/C16H14O4S2/c1-19-16(18)13-9-5-6-10-14(13)22-21-11-20-15(17)12-7-3-2-4-8-12/h2-10H,11H2,1H3. The van der Waals surface area contributed by atoms with Crippen LogP contribution in [0.3, 0.4) is 0 Å². The summed E-state index contributed by atoms with van der Waals surface area (Å²) in [6.45, 7) is 0. The third-order valence-corrected chi connectivity index (χ3v) is 4.74. The van der Waals surface area contributed by atoms with Crippen LogP contribution in [0.1, 0.15) is 20.7 Å². The van der Waals surface area contributed by atoms with Gasteiger partial charge in [-0.3, -0.25) is 0 Å². The molecule has 0 saturated heterocycles. The maximum Gasteiger partial charge on any atom is 0.339 e. The lowest BCUT2D eigenvalue weighted by Gasteiger charge is -2.07. The number of esters is 2. The van der Waals surface area contributed by atoms with Crippen molar-refractivity contribution >= 4 is 33.5 Å². The SMILES string of the molecule is COC(=O)c1ccccc1SSCOC(=O)c1ccccc1. The maximum atomic E-state index is 11.8. The number of carbonyl (C=O) groups excluding carboxylic acids is 2. The highest BCUT2D eigenvalue weighted by atomic mass is 33.1. The second kappa shape index (κ2) is 8.51. The van der Waals surface area contributed by atoms with Gasteiger partial charge in [-0.25, -0.2) is 9.59 Å². The molecule has 0 fully saturated rings. The normalized spacial score (nSPS) is 10.0. The number of hydrogen-bond donors (Lipinski definition) is 0. The smallest absolute Gasteiger partial charge is 0.339 e. The Morgan fingerprint density at radius 3 is 2.36 bits per heavy atom. The predicted molar refractivity (Wildman–Crippen MR) is 88.0 cm³/mol. The molecule has 0 aliphatic rings. The van der Waals surface area contributed by atoms with Crippen LogP contribution in [-0.2, 0) is 9.47 Å². The van der Waals surface area contributed by atoms with Gasteiger partial charge < -0.3 is 9.47 Å². The van der Waals surface area contributed by atoms with Crippen molar-refractivity contribution in [2.45, 2.75) is 4.90 Å². The zero-order valence-corrected chi connectivity index (χ0v) is 13.5. The van der Waals surface area contributed by atoms with E-state index in [1.54, 1.807) is 36.4 Å². The molecule has 2 rings (SSSR count). The first kappa shape index (κ1) is 16.5. The Kier molecular flexibility index (Phi) is 6.36. The van der Waals surface area contributed by atoms with Crippen LogP contribution in [0.4, 0.5) is 0 Å². The first-order chi connectivity index (χ1) is 10.7. The fourth-order valence-corrected chi connectivity index (χ4v) is 3.45. The van der Waals surface area contributed by atoms with Gasteiger partial charge in [0.25, 0.3) is 0 Å². The summed E-state index contributed by atoms with van der Waals surface area (Å²) in [6.07, 6.45) is 0. The minimum Gasteiger partial charge on any atom is -0.465 e. The zero-order chi connectivity index (χ0) is 15.8. The number of benzene rings is 2. The Morgan fingerprint density at radius 1 is 0.955 bits per heavy atom. The Bertz CT molecular complexity index is 644. The van der Waals surface area contributed by atoms with Crippen LogP contribution >= 0.6 is 21.6 Å². The molecule has 0 aliphatic heterocycles. The third-order valence-electron chi connectivity index (χ3n) is 2.69. The molecule has 0 amide bonds. The van der Waals surface area contributed by atoms with Gasteiger partial charge in [0.1, 0.15) is 5.94 Å². The highest BCUT2D eigenvalue weighted by Gasteiger charge is 2.12. The molecule has 0 aromatic heterocycles. The van der Waals surface area contributed by atoms with Crippen molar-refractivity contribution < 1.29 is 19.1 Å². The summed E-state index contributed by atoms with van der Waals surface area (Å²) in [5, 5.41) is 0. The van der Waals surface area contributed by atoms with E-state index in [1.165, 1.54) is 28.7 Å². The molecule has 2 aromatic carbocycles. The van der Waals surface area contributed by atoms with Gasteiger partial charge in [-0.1, -0.05) is 41.1 Å². The number of methoxy groups -OCH3 is 1. The van der Waals surface area contributed by atoms with Gasteiger partial charge in [0.15, 0.2) is 0 Å². The van der Waals surface area contributed by atoms with E-state index < -0.39 is 0 Å². The Balaban J connectivity index is 1.85. The van der Waals surface area contributed by atoms with Gasteiger partial charge in [0.2, 0.25) is 0 Å². The van der Waals surface area contributed by atoms with Gasteiger partial charge in [-0.2, -0.15) is 0 Å². The molecule has 0 aliphatic carbocycles. The highest BCUT2D eigenvalue weighted by molar-refractivity contribution is 8.76. The van der Waals surface area contributed by atoms with Crippen molar-refractivity contribution in [1.82, 2.24) is 0 Å². The molecule has 0 radical (unpaired) electrons. The molecular formula is C16H14O4S2. The molecule has 0 N–H and O–H groups in total. The number of rotatable bonds is 6. The minimum absolute atomic E-state index is 0.188. The van der Waals surface area contributed by atoms with Crippen LogP contribution in [0.15, 0.2) is 59.5 Å². The largest absolute Gasteiger partial charge is 0.465 e. The highest BCUT2D eigenvalue weighted by Crippen LogP contribution is 2.33. The zero-order valence-electron chi connectivity index (χ0n) is 11.9. The summed E-state index contributed by atoms with van der Waals surface area (Å²) in [5.74, 6) is -0.562. The lowest BCUT2D eigenvalue weighted by Crippen LogP contribution is -2.04. The molecule has 0 atom stereocenters. The summed E-state index contributed by atoms with van der Waals surface area (Å²) in [5.41, 5.74) is 1.01. The van der Waals surface area contributed by atoms with Crippen molar-refractivity contribution in [2.24, 2.45) is 0 Å². The van der Waals surface area contributed by atoms with E-state index in [4.69, 9.17) is 9.47 Å². The molecular weight excluding hydrogens is 320 g/mol. The van der Waals surface area contributed by atoms with Gasteiger partial charge in [-0.15, -0.1) is 0 Å². The van der Waals surface area contributed by atoms with Crippen molar-refractivity contribution in [1.29, 1.82) is 0 Å². The summed E-state index contributed by atoms with van der Waals surface area (Å²) in [6, 6.07) is 15.9. The molecule has 0 bridgehead atoms. The lowest BCUT2D eigenvalue weighted by atomic mass is 10.2. The van der Waals surface area contributed by atoms with Crippen molar-refractivity contribution in [3.8, 4) is 0 Å². The van der Waals surface area contributed by atoms with Crippen molar-refractivity contribution in [2.75, 3.05) is 13.0 Å². The van der Waals surface area contributed by atoms with Crippen LogP contribution < -0.4 is 0 Å². The van der Waals surface area contributed by atoms with E-state index >= 15 is 0 Å². The molecule has 22 heavy (non-hydrogen) atoms. The molecule has 4 nitrogen and oxygen atoms in total. The summed E-state index contributed by atoms with van der Waals surface area (Å²) >= 11 is 0. The fraction of sp³-hybridized carbons (Fsp3) is 0.125. The number of hydrogen-bond acceptors (Lipinski definition) is 6. The Hall–Kier alpha value is -1.92. The van der Waals surface area contributed by atoms with Crippen LogP contribution in [0.2, 0.25) is 0 Å². The van der Waals surface area contributed by atoms with E-state index in [2.05, 4.69) is 0 Å². The van der Waals surface area contributed by atoms with Gasteiger partial charge in [0.05, 0.1) is 18.2 Å². The molecule has 0 spiro atoms. The molecule has 0 saturated carbocycles. The molecule has 0 unspecified atom stereocenters. The van der Waals surface area contributed by atoms with Gasteiger partial charge in [-0.05, 0) is 35.1 Å². The Labute approximate surface area is 136 Å². The van der Waals surface area contributed by atoms with E-state index in [0.717, 1.165) is 4.90 Å². The number of ether oxygens (including phenoxy) is 2. The van der Waals surface area contributed by atoms with Crippen LogP contribution in [0, 0.1) is 0 Å². The van der Waals surface area contributed by atoms with E-state index in [9.17, 15) is 9.59 Å². The molecule has 114 valence electrons. The monoisotopic (exact) mass is 334 g/mol. The fourth-order valence-electron chi connectivity index (χ4n) is 1.64. The summed E-state index contributed by atoms with van der Waals surface area (Å²) in [4.78, 5) is 24.2. The average Bonchev–Trinajstić information content (AvgIpc) is 2.59. The second-order valence-corrected chi connectivity index (χ2v) is 6.39. The van der Waals surface area contributed by atoms with Crippen LogP contribution in [0.5, 0.6) is 0 Å². The third kappa shape index (κ3) is 4.54. The molecule has 0 heterocycles. The lowest BCUT2D eigenvalue weighted by molar-refractivity contribution is 0.0576. The second-order valence-electron chi connectivity index (χ2n) is 4.10. The van der Waals surface area contributed by atoms with E-state index in [1.807, 2.05) is 18.2 Å². The summed E-state index contributed by atoms with van der Waals surface area (Å²) < 4.78 is 9.90. The quantitative estimate of drug-likeness (QED) is 0.344. The predicted octanol–water partition coefficient (Wildman–Crippen LogP) is 4.03. The number of carbonyl (C=O) groups is 2. The van der Waals surface area contributed by atoms with E-state index in [0.29, 0.717) is 11.1 Å². The average molecular weight is 334 g/mol. The first-order valence-corrected chi connectivity index (χ1v) is 8.73. The van der Waals surface area contributed by atoms with Crippen molar-refractivity contribution in [3.05, 3.63) is 65.7 Å². The molecule has 2 aromatic rings. The van der Waals surface area contributed by atoms with Crippen LogP contribution in [-0.4, -0.2) is 25.0 Å².